The maximum Gasteiger partial charge on any atom is 0.123 e. The van der Waals surface area contributed by atoms with Crippen LogP contribution in [0.5, 0.6) is 0 Å². The van der Waals surface area contributed by atoms with Gasteiger partial charge in [0.15, 0.2) is 0 Å². The zero-order valence-electron chi connectivity index (χ0n) is 12.3. The van der Waals surface area contributed by atoms with E-state index in [9.17, 15) is 9.65 Å². The average Bonchev–Trinajstić information content (AvgIpc) is 3.33. The summed E-state index contributed by atoms with van der Waals surface area (Å²) in [7, 11) is 0. The SMILES string of the molecule is N#Cc1ccc(F)cc1CN(CC1CCNCC1)C1CC1. The number of halogens is 1. The lowest BCUT2D eigenvalue weighted by atomic mass is 9.97. The van der Waals surface area contributed by atoms with Gasteiger partial charge < -0.3 is 5.32 Å². The van der Waals surface area contributed by atoms with Crippen molar-refractivity contribution >= 4 is 0 Å². The fraction of sp³-hybridized carbons (Fsp3) is 0.588. The first-order valence-corrected chi connectivity index (χ1v) is 7.89. The molecule has 0 bridgehead atoms. The number of nitriles is 1. The minimum absolute atomic E-state index is 0.249. The van der Waals surface area contributed by atoms with E-state index < -0.39 is 0 Å². The highest BCUT2D eigenvalue weighted by molar-refractivity contribution is 5.37. The van der Waals surface area contributed by atoms with Gasteiger partial charge in [0, 0.05) is 19.1 Å². The molecule has 0 radical (unpaired) electrons. The highest BCUT2D eigenvalue weighted by Gasteiger charge is 2.31. The highest BCUT2D eigenvalue weighted by Crippen LogP contribution is 2.31. The van der Waals surface area contributed by atoms with Crippen molar-refractivity contribution in [2.45, 2.75) is 38.3 Å². The van der Waals surface area contributed by atoms with Gasteiger partial charge in [-0.25, -0.2) is 4.39 Å². The van der Waals surface area contributed by atoms with Crippen LogP contribution in [0.2, 0.25) is 0 Å². The molecule has 1 heterocycles. The number of benzene rings is 1. The summed E-state index contributed by atoms with van der Waals surface area (Å²) in [6.45, 7) is 3.99. The summed E-state index contributed by atoms with van der Waals surface area (Å²) in [5.74, 6) is 0.479. The molecule has 0 atom stereocenters. The molecule has 112 valence electrons. The molecule has 1 aromatic rings. The average molecular weight is 287 g/mol. The number of hydrogen-bond acceptors (Lipinski definition) is 3. The van der Waals surface area contributed by atoms with Crippen LogP contribution in [-0.2, 0) is 6.54 Å². The molecule has 21 heavy (non-hydrogen) atoms. The van der Waals surface area contributed by atoms with Crippen molar-refractivity contribution in [1.82, 2.24) is 10.2 Å². The van der Waals surface area contributed by atoms with Gasteiger partial charge in [-0.3, -0.25) is 4.90 Å². The van der Waals surface area contributed by atoms with E-state index in [1.807, 2.05) is 0 Å². The van der Waals surface area contributed by atoms with Gasteiger partial charge in [0.25, 0.3) is 0 Å². The number of rotatable bonds is 5. The van der Waals surface area contributed by atoms with Gasteiger partial charge in [0.05, 0.1) is 11.6 Å². The van der Waals surface area contributed by atoms with E-state index in [-0.39, 0.29) is 5.82 Å². The van der Waals surface area contributed by atoms with E-state index >= 15 is 0 Å². The minimum atomic E-state index is -0.249. The first kappa shape index (κ1) is 14.5. The molecule has 3 nitrogen and oxygen atoms in total. The first-order valence-electron chi connectivity index (χ1n) is 7.89. The molecule has 1 saturated carbocycles. The minimum Gasteiger partial charge on any atom is -0.317 e. The van der Waals surface area contributed by atoms with Crippen LogP contribution in [0.4, 0.5) is 4.39 Å². The Bertz CT molecular complexity index is 527. The Morgan fingerprint density at radius 2 is 2.00 bits per heavy atom. The van der Waals surface area contributed by atoms with E-state index in [0.717, 1.165) is 31.1 Å². The van der Waals surface area contributed by atoms with E-state index in [0.29, 0.717) is 18.2 Å². The first-order chi connectivity index (χ1) is 10.3. The summed E-state index contributed by atoms with van der Waals surface area (Å²) < 4.78 is 13.5. The van der Waals surface area contributed by atoms with E-state index in [4.69, 9.17) is 0 Å². The Kier molecular flexibility index (Phi) is 4.52. The molecule has 0 amide bonds. The molecule has 3 rings (SSSR count). The van der Waals surface area contributed by atoms with Crippen LogP contribution in [0.25, 0.3) is 0 Å². The number of piperidine rings is 1. The lowest BCUT2D eigenvalue weighted by molar-refractivity contribution is 0.190. The van der Waals surface area contributed by atoms with Crippen LogP contribution in [0.15, 0.2) is 18.2 Å². The fourth-order valence-corrected chi connectivity index (χ4v) is 3.20. The van der Waals surface area contributed by atoms with Crippen LogP contribution in [-0.4, -0.2) is 30.6 Å². The Morgan fingerprint density at radius 3 is 2.67 bits per heavy atom. The Labute approximate surface area is 125 Å². The van der Waals surface area contributed by atoms with Crippen LogP contribution in [0.3, 0.4) is 0 Å². The van der Waals surface area contributed by atoms with Crippen molar-refractivity contribution in [2.75, 3.05) is 19.6 Å². The zero-order chi connectivity index (χ0) is 14.7. The molecule has 1 aliphatic heterocycles. The summed E-state index contributed by atoms with van der Waals surface area (Å²) in [6, 6.07) is 7.31. The maximum atomic E-state index is 13.5. The Hall–Kier alpha value is -1.44. The third-order valence-corrected chi connectivity index (χ3v) is 4.58. The van der Waals surface area contributed by atoms with Crippen molar-refractivity contribution in [3.05, 3.63) is 35.1 Å². The van der Waals surface area contributed by atoms with Crippen LogP contribution in [0, 0.1) is 23.1 Å². The molecule has 0 aromatic heterocycles. The summed E-state index contributed by atoms with van der Waals surface area (Å²) in [5.41, 5.74) is 1.44. The summed E-state index contributed by atoms with van der Waals surface area (Å²) in [4.78, 5) is 2.46. The van der Waals surface area contributed by atoms with Crippen LogP contribution in [0.1, 0.15) is 36.8 Å². The van der Waals surface area contributed by atoms with Crippen molar-refractivity contribution in [1.29, 1.82) is 5.26 Å². The Balaban J connectivity index is 1.70. The maximum absolute atomic E-state index is 13.5. The molecule has 2 aliphatic rings. The smallest absolute Gasteiger partial charge is 0.123 e. The summed E-state index contributed by atoms with van der Waals surface area (Å²) in [6.07, 6.45) is 4.92. The third-order valence-electron chi connectivity index (χ3n) is 4.58. The molecule has 4 heteroatoms. The second-order valence-electron chi connectivity index (χ2n) is 6.27. The van der Waals surface area contributed by atoms with E-state index in [1.54, 1.807) is 6.07 Å². The number of nitrogens with zero attached hydrogens (tertiary/aromatic N) is 2. The van der Waals surface area contributed by atoms with Crippen LogP contribution >= 0.6 is 0 Å². The van der Waals surface area contributed by atoms with Gasteiger partial charge in [-0.15, -0.1) is 0 Å². The zero-order valence-corrected chi connectivity index (χ0v) is 12.3. The van der Waals surface area contributed by atoms with Gasteiger partial charge in [-0.1, -0.05) is 0 Å². The molecule has 0 unspecified atom stereocenters. The van der Waals surface area contributed by atoms with E-state index in [1.165, 1.54) is 37.8 Å². The molecule has 0 spiro atoms. The topological polar surface area (TPSA) is 39.1 Å². The molecule has 1 aliphatic carbocycles. The second kappa shape index (κ2) is 6.55. The largest absolute Gasteiger partial charge is 0.317 e. The number of nitrogens with one attached hydrogen (secondary N) is 1. The molecule has 1 aromatic carbocycles. The van der Waals surface area contributed by atoms with Gasteiger partial charge in [0.1, 0.15) is 5.82 Å². The summed E-state index contributed by atoms with van der Waals surface area (Å²) >= 11 is 0. The second-order valence-corrected chi connectivity index (χ2v) is 6.27. The van der Waals surface area contributed by atoms with Gasteiger partial charge in [0.2, 0.25) is 0 Å². The highest BCUT2D eigenvalue weighted by atomic mass is 19.1. The number of hydrogen-bond donors (Lipinski definition) is 1. The third kappa shape index (κ3) is 3.81. The lowest BCUT2D eigenvalue weighted by Gasteiger charge is -2.30. The quantitative estimate of drug-likeness (QED) is 0.905. The van der Waals surface area contributed by atoms with Gasteiger partial charge in [-0.2, -0.15) is 5.26 Å². The molecule has 1 saturated heterocycles. The van der Waals surface area contributed by atoms with E-state index in [2.05, 4.69) is 16.3 Å². The lowest BCUT2D eigenvalue weighted by Crippen LogP contribution is -2.37. The molecule has 2 fully saturated rings. The summed E-state index contributed by atoms with van der Waals surface area (Å²) in [5, 5.41) is 12.6. The van der Waals surface area contributed by atoms with Crippen molar-refractivity contribution in [2.24, 2.45) is 5.92 Å². The molecular weight excluding hydrogens is 265 g/mol. The van der Waals surface area contributed by atoms with Crippen molar-refractivity contribution in [3.8, 4) is 6.07 Å². The van der Waals surface area contributed by atoms with Gasteiger partial charge >= 0.3 is 0 Å². The molecule has 1 N–H and O–H groups in total. The normalized spacial score (nSPS) is 19.7. The van der Waals surface area contributed by atoms with Gasteiger partial charge in [-0.05, 0) is 68.5 Å². The predicted molar refractivity (Wildman–Crippen MR) is 80.1 cm³/mol. The Morgan fingerprint density at radius 1 is 1.24 bits per heavy atom. The molecular formula is C17H22FN3. The van der Waals surface area contributed by atoms with Crippen molar-refractivity contribution in [3.63, 3.8) is 0 Å². The standard InChI is InChI=1S/C17H22FN3/c18-16-2-1-14(10-19)15(9-16)12-21(17-3-4-17)11-13-5-7-20-8-6-13/h1-2,9,13,17,20H,3-8,11-12H2. The van der Waals surface area contributed by atoms with Crippen LogP contribution < -0.4 is 5.32 Å². The monoisotopic (exact) mass is 287 g/mol. The fourth-order valence-electron chi connectivity index (χ4n) is 3.20. The predicted octanol–water partition coefficient (Wildman–Crippen LogP) is 2.66. The van der Waals surface area contributed by atoms with Crippen molar-refractivity contribution < 1.29 is 4.39 Å².